The SMILES string of the molecule is C[C@@H](Oc1ccc(F)cc1)c1nnc(S[C@H](C)c2ccccc2Cl)o1. The molecular formula is C18H16ClFN2O2S. The van der Waals surface area contributed by atoms with E-state index in [0.717, 1.165) is 5.56 Å². The maximum atomic E-state index is 12.9. The molecule has 0 spiro atoms. The number of halogens is 2. The summed E-state index contributed by atoms with van der Waals surface area (Å²) >= 11 is 7.64. The van der Waals surface area contributed by atoms with Crippen molar-refractivity contribution >= 4 is 23.4 Å². The van der Waals surface area contributed by atoms with Crippen LogP contribution in [0.3, 0.4) is 0 Å². The molecule has 2 aromatic carbocycles. The Bertz CT molecular complexity index is 841. The molecule has 0 aliphatic heterocycles. The Labute approximate surface area is 154 Å². The molecule has 0 aliphatic rings. The lowest BCUT2D eigenvalue weighted by Gasteiger charge is -2.11. The lowest BCUT2D eigenvalue weighted by Crippen LogP contribution is -2.03. The highest BCUT2D eigenvalue weighted by Gasteiger charge is 2.19. The minimum absolute atomic E-state index is 0.0651. The average Bonchev–Trinajstić information content (AvgIpc) is 3.06. The summed E-state index contributed by atoms with van der Waals surface area (Å²) < 4.78 is 24.3. The second kappa shape index (κ2) is 7.89. The van der Waals surface area contributed by atoms with Crippen molar-refractivity contribution in [2.75, 3.05) is 0 Å². The van der Waals surface area contributed by atoms with Crippen LogP contribution < -0.4 is 4.74 Å². The Morgan fingerprint density at radius 2 is 1.80 bits per heavy atom. The molecule has 0 fully saturated rings. The number of benzene rings is 2. The lowest BCUT2D eigenvalue weighted by molar-refractivity contribution is 0.181. The monoisotopic (exact) mass is 378 g/mol. The standard InChI is InChI=1S/C18H16ClFN2O2S/c1-11(23-14-9-7-13(20)8-10-14)17-21-22-18(24-17)25-12(2)15-5-3-4-6-16(15)19/h3-12H,1-2H3/t11-,12-/m1/s1. The van der Waals surface area contributed by atoms with E-state index in [9.17, 15) is 4.39 Å². The summed E-state index contributed by atoms with van der Waals surface area (Å²) in [6.45, 7) is 3.82. The van der Waals surface area contributed by atoms with E-state index in [1.165, 1.54) is 23.9 Å². The van der Waals surface area contributed by atoms with Crippen molar-refractivity contribution in [2.45, 2.75) is 30.4 Å². The van der Waals surface area contributed by atoms with Gasteiger partial charge in [0.2, 0.25) is 0 Å². The highest BCUT2D eigenvalue weighted by molar-refractivity contribution is 7.99. The van der Waals surface area contributed by atoms with Crippen LogP contribution in [0, 0.1) is 5.82 Å². The van der Waals surface area contributed by atoms with Crippen LogP contribution in [0.1, 0.15) is 36.7 Å². The van der Waals surface area contributed by atoms with E-state index in [0.29, 0.717) is 21.9 Å². The summed E-state index contributed by atoms with van der Waals surface area (Å²) in [5.41, 5.74) is 1.00. The first kappa shape index (κ1) is 17.8. The van der Waals surface area contributed by atoms with Crippen LogP contribution in [0.25, 0.3) is 0 Å². The largest absolute Gasteiger partial charge is 0.481 e. The Kier molecular flexibility index (Phi) is 5.60. The normalized spacial score (nSPS) is 13.4. The fraction of sp³-hybridized carbons (Fsp3) is 0.222. The van der Waals surface area contributed by atoms with Gasteiger partial charge in [-0.15, -0.1) is 10.2 Å². The number of hydrogen-bond donors (Lipinski definition) is 0. The van der Waals surface area contributed by atoms with Crippen LogP contribution >= 0.6 is 23.4 Å². The molecule has 3 rings (SSSR count). The molecule has 0 bridgehead atoms. The molecule has 130 valence electrons. The second-order valence-electron chi connectivity index (χ2n) is 5.40. The molecule has 4 nitrogen and oxygen atoms in total. The van der Waals surface area contributed by atoms with Crippen molar-refractivity contribution in [2.24, 2.45) is 0 Å². The quantitative estimate of drug-likeness (QED) is 0.503. The van der Waals surface area contributed by atoms with Crippen molar-refractivity contribution in [3.05, 3.63) is 70.8 Å². The molecule has 0 saturated heterocycles. The fourth-order valence-corrected chi connectivity index (χ4v) is 3.44. The molecule has 2 atom stereocenters. The number of nitrogens with zero attached hydrogens (tertiary/aromatic N) is 2. The number of ether oxygens (including phenoxy) is 1. The van der Waals surface area contributed by atoms with Gasteiger partial charge in [0.15, 0.2) is 6.10 Å². The summed E-state index contributed by atoms with van der Waals surface area (Å²) in [4.78, 5) is 0. The van der Waals surface area contributed by atoms with Crippen LogP contribution in [0.4, 0.5) is 4.39 Å². The van der Waals surface area contributed by atoms with Crippen molar-refractivity contribution in [3.8, 4) is 5.75 Å². The van der Waals surface area contributed by atoms with Crippen LogP contribution in [0.5, 0.6) is 5.75 Å². The molecule has 7 heteroatoms. The van der Waals surface area contributed by atoms with Crippen LogP contribution in [0.15, 0.2) is 58.2 Å². The molecule has 1 aromatic heterocycles. The van der Waals surface area contributed by atoms with Gasteiger partial charge in [-0.25, -0.2) is 4.39 Å². The summed E-state index contributed by atoms with van der Waals surface area (Å²) in [6, 6.07) is 13.4. The third kappa shape index (κ3) is 4.52. The van der Waals surface area contributed by atoms with Gasteiger partial charge in [0.1, 0.15) is 11.6 Å². The second-order valence-corrected chi connectivity index (χ2v) is 7.10. The fourth-order valence-electron chi connectivity index (χ4n) is 2.22. The third-order valence-electron chi connectivity index (χ3n) is 3.52. The zero-order chi connectivity index (χ0) is 17.8. The summed E-state index contributed by atoms with van der Waals surface area (Å²) in [6.07, 6.45) is -0.442. The molecular weight excluding hydrogens is 363 g/mol. The Balaban J connectivity index is 1.65. The van der Waals surface area contributed by atoms with Crippen LogP contribution in [0.2, 0.25) is 5.02 Å². The van der Waals surface area contributed by atoms with Gasteiger partial charge in [-0.05, 0) is 49.7 Å². The van der Waals surface area contributed by atoms with Gasteiger partial charge < -0.3 is 9.15 Å². The lowest BCUT2D eigenvalue weighted by atomic mass is 10.2. The first-order valence-corrected chi connectivity index (χ1v) is 8.95. The van der Waals surface area contributed by atoms with E-state index < -0.39 is 6.10 Å². The van der Waals surface area contributed by atoms with Crippen LogP contribution in [-0.2, 0) is 0 Å². The predicted molar refractivity (Wildman–Crippen MR) is 95.5 cm³/mol. The topological polar surface area (TPSA) is 48.2 Å². The zero-order valence-electron chi connectivity index (χ0n) is 13.6. The summed E-state index contributed by atoms with van der Waals surface area (Å²) in [5, 5.41) is 9.29. The minimum atomic E-state index is -0.442. The zero-order valence-corrected chi connectivity index (χ0v) is 15.2. The maximum Gasteiger partial charge on any atom is 0.277 e. The van der Waals surface area contributed by atoms with Crippen molar-refractivity contribution < 1.29 is 13.5 Å². The van der Waals surface area contributed by atoms with E-state index in [-0.39, 0.29) is 11.1 Å². The summed E-state index contributed by atoms with van der Waals surface area (Å²) in [7, 11) is 0. The highest BCUT2D eigenvalue weighted by atomic mass is 35.5. The molecule has 0 saturated carbocycles. The van der Waals surface area contributed by atoms with E-state index in [1.807, 2.05) is 31.2 Å². The smallest absolute Gasteiger partial charge is 0.277 e. The molecule has 1 heterocycles. The van der Waals surface area contributed by atoms with E-state index in [2.05, 4.69) is 10.2 Å². The van der Waals surface area contributed by atoms with Crippen molar-refractivity contribution in [1.29, 1.82) is 0 Å². The van der Waals surface area contributed by atoms with E-state index in [1.54, 1.807) is 19.1 Å². The molecule has 3 aromatic rings. The number of thioether (sulfide) groups is 1. The molecule has 0 unspecified atom stereocenters. The Morgan fingerprint density at radius 3 is 2.52 bits per heavy atom. The molecule has 0 radical (unpaired) electrons. The van der Waals surface area contributed by atoms with Crippen LogP contribution in [-0.4, -0.2) is 10.2 Å². The molecule has 0 aliphatic carbocycles. The van der Waals surface area contributed by atoms with Gasteiger partial charge in [-0.3, -0.25) is 0 Å². The number of aromatic nitrogens is 2. The highest BCUT2D eigenvalue weighted by Crippen LogP contribution is 2.37. The number of rotatable bonds is 6. The van der Waals surface area contributed by atoms with Gasteiger partial charge in [0.05, 0.1) is 0 Å². The first-order valence-electron chi connectivity index (χ1n) is 7.69. The van der Waals surface area contributed by atoms with Crippen molar-refractivity contribution in [1.82, 2.24) is 10.2 Å². The predicted octanol–water partition coefficient (Wildman–Crippen LogP) is 5.86. The third-order valence-corrected chi connectivity index (χ3v) is 4.84. The maximum absolute atomic E-state index is 12.9. The van der Waals surface area contributed by atoms with Gasteiger partial charge >= 0.3 is 0 Å². The van der Waals surface area contributed by atoms with E-state index >= 15 is 0 Å². The molecule has 25 heavy (non-hydrogen) atoms. The molecule has 0 amide bonds. The minimum Gasteiger partial charge on any atom is -0.481 e. The first-order chi connectivity index (χ1) is 12.0. The summed E-state index contributed by atoms with van der Waals surface area (Å²) in [5.74, 6) is 0.578. The van der Waals surface area contributed by atoms with Crippen molar-refractivity contribution in [3.63, 3.8) is 0 Å². The Morgan fingerprint density at radius 1 is 1.08 bits per heavy atom. The number of hydrogen-bond acceptors (Lipinski definition) is 5. The Hall–Kier alpha value is -2.05. The average molecular weight is 379 g/mol. The molecule has 0 N–H and O–H groups in total. The van der Waals surface area contributed by atoms with Gasteiger partial charge in [0.25, 0.3) is 11.1 Å². The van der Waals surface area contributed by atoms with Gasteiger partial charge in [-0.1, -0.05) is 41.6 Å². The van der Waals surface area contributed by atoms with Gasteiger partial charge in [0, 0.05) is 10.3 Å². The van der Waals surface area contributed by atoms with Gasteiger partial charge in [-0.2, -0.15) is 0 Å². The van der Waals surface area contributed by atoms with E-state index in [4.69, 9.17) is 20.8 Å².